The van der Waals surface area contributed by atoms with Crippen molar-refractivity contribution in [2.75, 3.05) is 23.9 Å². The predicted molar refractivity (Wildman–Crippen MR) is 177 cm³/mol. The summed E-state index contributed by atoms with van der Waals surface area (Å²) in [5.41, 5.74) is 6.90. The zero-order valence-corrected chi connectivity index (χ0v) is 25.3. The molecule has 0 aliphatic carbocycles. The van der Waals surface area contributed by atoms with Gasteiger partial charge in [0.1, 0.15) is 5.66 Å². The largest absolute Gasteiger partial charge is 0.352 e. The average molecular weight is 555 g/mol. The number of azo groups is 2. The van der Waals surface area contributed by atoms with Crippen molar-refractivity contribution >= 4 is 55.7 Å². The molecule has 0 radical (unpaired) electrons. The van der Waals surface area contributed by atoms with Crippen molar-refractivity contribution < 1.29 is 0 Å². The second-order valence-electron chi connectivity index (χ2n) is 11.8. The Morgan fingerprint density at radius 2 is 1.14 bits per heavy atom. The van der Waals surface area contributed by atoms with Gasteiger partial charge in [0.25, 0.3) is 0 Å². The van der Waals surface area contributed by atoms with Gasteiger partial charge < -0.3 is 9.80 Å². The first-order valence-electron chi connectivity index (χ1n) is 14.8. The minimum Gasteiger partial charge on any atom is -0.352 e. The van der Waals surface area contributed by atoms with Crippen molar-refractivity contribution in [1.29, 1.82) is 0 Å². The second-order valence-corrected chi connectivity index (χ2v) is 11.8. The summed E-state index contributed by atoms with van der Waals surface area (Å²) in [6, 6.07) is 31.2. The Bertz CT molecular complexity index is 1800. The molecule has 5 aromatic rings. The van der Waals surface area contributed by atoms with E-state index in [1.54, 1.807) is 0 Å². The van der Waals surface area contributed by atoms with Gasteiger partial charge in [-0.2, -0.15) is 5.11 Å². The lowest BCUT2D eigenvalue weighted by Gasteiger charge is -2.49. The van der Waals surface area contributed by atoms with Crippen LogP contribution in [0.3, 0.4) is 0 Å². The number of rotatable bonds is 7. The normalized spacial score (nSPS) is 15.4. The topological polar surface area (TPSA) is 55.9 Å². The molecule has 0 aromatic heterocycles. The molecule has 0 amide bonds. The lowest BCUT2D eigenvalue weighted by molar-refractivity contribution is 0.474. The number of nitrogens with zero attached hydrogens (tertiary/aromatic N) is 6. The van der Waals surface area contributed by atoms with Gasteiger partial charge in [-0.3, -0.25) is 0 Å². The molecule has 6 rings (SSSR count). The Balaban J connectivity index is 1.32. The van der Waals surface area contributed by atoms with Gasteiger partial charge in [-0.25, -0.2) is 0 Å². The Labute approximate surface area is 248 Å². The SMILES string of the molecule is CC[C@@H](C)Cc1ccc(N=Nc2ccc(N=Nc3ccc4c5c(cccc35)N(C)C(C)(C)N4C)c3ccccc23)cc1. The smallest absolute Gasteiger partial charge is 0.106 e. The Morgan fingerprint density at radius 3 is 1.76 bits per heavy atom. The van der Waals surface area contributed by atoms with Crippen LogP contribution in [0.25, 0.3) is 21.5 Å². The van der Waals surface area contributed by atoms with E-state index >= 15 is 0 Å². The van der Waals surface area contributed by atoms with E-state index in [0.717, 1.165) is 45.3 Å². The second kappa shape index (κ2) is 11.0. The summed E-state index contributed by atoms with van der Waals surface area (Å²) < 4.78 is 0. The van der Waals surface area contributed by atoms with E-state index < -0.39 is 0 Å². The molecule has 1 heterocycles. The summed E-state index contributed by atoms with van der Waals surface area (Å²) in [7, 11) is 4.30. The molecule has 1 atom stereocenters. The molecule has 212 valence electrons. The van der Waals surface area contributed by atoms with Crippen LogP contribution in [-0.4, -0.2) is 19.8 Å². The van der Waals surface area contributed by atoms with Gasteiger partial charge in [-0.15, -0.1) is 15.3 Å². The maximum Gasteiger partial charge on any atom is 0.106 e. The highest BCUT2D eigenvalue weighted by Gasteiger charge is 2.35. The number of hydrogen-bond acceptors (Lipinski definition) is 6. The van der Waals surface area contributed by atoms with Crippen molar-refractivity contribution in [3.63, 3.8) is 0 Å². The molecule has 0 saturated heterocycles. The highest BCUT2D eigenvalue weighted by atomic mass is 15.4. The summed E-state index contributed by atoms with van der Waals surface area (Å²) in [6.07, 6.45) is 2.27. The lowest BCUT2D eigenvalue weighted by Crippen LogP contribution is -2.56. The highest BCUT2D eigenvalue weighted by molar-refractivity contribution is 6.10. The summed E-state index contributed by atoms with van der Waals surface area (Å²) in [5.74, 6) is 0.678. The Morgan fingerprint density at radius 1 is 0.619 bits per heavy atom. The zero-order chi connectivity index (χ0) is 29.4. The minimum absolute atomic E-state index is 0.140. The molecule has 1 aliphatic heterocycles. The highest BCUT2D eigenvalue weighted by Crippen LogP contribution is 2.47. The van der Waals surface area contributed by atoms with E-state index in [0.29, 0.717) is 5.92 Å². The van der Waals surface area contributed by atoms with Crippen molar-refractivity contribution in [1.82, 2.24) is 0 Å². The Hall–Kier alpha value is -4.58. The predicted octanol–water partition coefficient (Wildman–Crippen LogP) is 11.0. The van der Waals surface area contributed by atoms with Gasteiger partial charge in [0, 0.05) is 47.0 Å². The van der Waals surface area contributed by atoms with Crippen molar-refractivity contribution in [3.05, 3.63) is 96.6 Å². The van der Waals surface area contributed by atoms with E-state index in [1.165, 1.54) is 28.7 Å². The average Bonchev–Trinajstić information content (AvgIpc) is 3.01. The van der Waals surface area contributed by atoms with Gasteiger partial charge in [0.2, 0.25) is 0 Å². The first kappa shape index (κ1) is 27.6. The van der Waals surface area contributed by atoms with Gasteiger partial charge in [0.05, 0.1) is 22.7 Å². The van der Waals surface area contributed by atoms with Crippen LogP contribution in [0.1, 0.15) is 39.7 Å². The fraction of sp³-hybridized carbons (Fsp3) is 0.278. The third-order valence-corrected chi connectivity index (χ3v) is 8.97. The molecule has 0 saturated carbocycles. The number of anilines is 2. The number of fused-ring (bicyclic) bond motifs is 1. The van der Waals surface area contributed by atoms with Gasteiger partial charge in [-0.05, 0) is 74.2 Å². The molecule has 5 aromatic carbocycles. The first-order valence-corrected chi connectivity index (χ1v) is 14.8. The van der Waals surface area contributed by atoms with E-state index in [4.69, 9.17) is 10.2 Å². The standard InChI is InChI=1S/C36H38N6/c1-7-24(2)23-25-15-17-26(18-16-25)37-38-30-19-20-31(28-12-9-8-11-27(28)30)39-40-32-21-22-34-35-29(32)13-10-14-33(35)41(5)36(3,4)42(34)6/h8-22,24H,7,23H2,1-6H3/t24-/m1/s1. The quantitative estimate of drug-likeness (QED) is 0.188. The monoisotopic (exact) mass is 554 g/mol. The fourth-order valence-electron chi connectivity index (χ4n) is 5.72. The van der Waals surface area contributed by atoms with Crippen LogP contribution in [-0.2, 0) is 6.42 Å². The van der Waals surface area contributed by atoms with E-state index in [-0.39, 0.29) is 5.66 Å². The summed E-state index contributed by atoms with van der Waals surface area (Å²) >= 11 is 0. The molecule has 6 nitrogen and oxygen atoms in total. The van der Waals surface area contributed by atoms with Crippen LogP contribution in [0.5, 0.6) is 0 Å². The van der Waals surface area contributed by atoms with E-state index in [1.807, 2.05) is 36.4 Å². The molecule has 0 spiro atoms. The van der Waals surface area contributed by atoms with Crippen LogP contribution in [0.15, 0.2) is 111 Å². The van der Waals surface area contributed by atoms with Gasteiger partial charge >= 0.3 is 0 Å². The molecule has 0 bridgehead atoms. The van der Waals surface area contributed by atoms with Crippen LogP contribution < -0.4 is 9.80 Å². The number of benzene rings is 5. The summed E-state index contributed by atoms with van der Waals surface area (Å²) in [6.45, 7) is 8.99. The maximum atomic E-state index is 4.77. The third-order valence-electron chi connectivity index (χ3n) is 8.97. The molecule has 1 aliphatic rings. The summed E-state index contributed by atoms with van der Waals surface area (Å²) in [4.78, 5) is 4.65. The van der Waals surface area contributed by atoms with E-state index in [2.05, 4.69) is 116 Å². The molecule has 0 N–H and O–H groups in total. The zero-order valence-electron chi connectivity index (χ0n) is 25.3. The van der Waals surface area contributed by atoms with Crippen LogP contribution in [0.2, 0.25) is 0 Å². The lowest BCUT2D eigenvalue weighted by atomic mass is 9.97. The number of hydrogen-bond donors (Lipinski definition) is 0. The molecule has 0 fully saturated rings. The molecular weight excluding hydrogens is 516 g/mol. The molecular formula is C36H38N6. The van der Waals surface area contributed by atoms with Crippen molar-refractivity contribution in [2.45, 2.75) is 46.2 Å². The van der Waals surface area contributed by atoms with Crippen LogP contribution in [0.4, 0.5) is 34.1 Å². The van der Waals surface area contributed by atoms with Crippen LogP contribution >= 0.6 is 0 Å². The van der Waals surface area contributed by atoms with E-state index in [9.17, 15) is 0 Å². The molecule has 42 heavy (non-hydrogen) atoms. The fourth-order valence-corrected chi connectivity index (χ4v) is 5.72. The van der Waals surface area contributed by atoms with Crippen LogP contribution in [0, 0.1) is 5.92 Å². The maximum absolute atomic E-state index is 4.77. The molecule has 6 heteroatoms. The first-order chi connectivity index (χ1) is 20.3. The van der Waals surface area contributed by atoms with Gasteiger partial charge in [-0.1, -0.05) is 68.8 Å². The third kappa shape index (κ3) is 4.91. The van der Waals surface area contributed by atoms with Crippen molar-refractivity contribution in [2.24, 2.45) is 26.4 Å². The van der Waals surface area contributed by atoms with Crippen molar-refractivity contribution in [3.8, 4) is 0 Å². The Kier molecular flexibility index (Phi) is 7.23. The molecule has 0 unspecified atom stereocenters. The summed E-state index contributed by atoms with van der Waals surface area (Å²) in [5, 5.41) is 23.0. The van der Waals surface area contributed by atoms with Gasteiger partial charge in [0.15, 0.2) is 0 Å². The minimum atomic E-state index is -0.140.